The largest absolute Gasteiger partial charge is 0.330 e. The van der Waals surface area contributed by atoms with Crippen molar-refractivity contribution in [1.82, 2.24) is 8.61 Å². The molecule has 1 aromatic rings. The molecule has 0 spiro atoms. The smallest absolute Gasteiger partial charge is 0.243 e. The number of nitrogens with zero attached hydrogens (tertiary/aromatic N) is 2. The Morgan fingerprint density at radius 2 is 1.80 bits per heavy atom. The third-order valence-corrected chi connectivity index (χ3v) is 8.51. The lowest BCUT2D eigenvalue weighted by Crippen LogP contribution is -2.42. The molecule has 0 bridgehead atoms. The Balaban J connectivity index is 2.38. The molecular formula is C16H27N3O4S2. The molecule has 0 radical (unpaired) electrons. The summed E-state index contributed by atoms with van der Waals surface area (Å²) in [6.45, 7) is 5.44. The first-order valence-electron chi connectivity index (χ1n) is 8.57. The predicted octanol–water partition coefficient (Wildman–Crippen LogP) is 1.08. The van der Waals surface area contributed by atoms with Crippen LogP contribution in [0.3, 0.4) is 0 Å². The maximum atomic E-state index is 12.9. The van der Waals surface area contributed by atoms with Crippen LogP contribution < -0.4 is 5.73 Å². The monoisotopic (exact) mass is 389 g/mol. The lowest BCUT2D eigenvalue weighted by molar-refractivity contribution is 0.271. The van der Waals surface area contributed by atoms with Crippen molar-refractivity contribution in [3.8, 4) is 0 Å². The molecule has 1 aromatic carbocycles. The molecule has 9 heteroatoms. The highest BCUT2D eigenvalue weighted by Gasteiger charge is 2.31. The molecule has 1 unspecified atom stereocenters. The average Bonchev–Trinajstić information content (AvgIpc) is 2.62. The lowest BCUT2D eigenvalue weighted by atomic mass is 10.0. The van der Waals surface area contributed by atoms with E-state index >= 15 is 0 Å². The number of rotatable bonds is 7. The van der Waals surface area contributed by atoms with Gasteiger partial charge in [0.15, 0.2) is 0 Å². The Bertz CT molecular complexity index is 789. The molecule has 7 nitrogen and oxygen atoms in total. The first-order chi connectivity index (χ1) is 11.8. The highest BCUT2D eigenvalue weighted by atomic mass is 32.2. The Hall–Kier alpha value is -1.00. The summed E-state index contributed by atoms with van der Waals surface area (Å²) >= 11 is 0. The molecule has 1 aliphatic heterocycles. The van der Waals surface area contributed by atoms with Crippen LogP contribution in [0, 0.1) is 5.92 Å². The van der Waals surface area contributed by atoms with Crippen molar-refractivity contribution in [3.63, 3.8) is 0 Å². The molecule has 1 heterocycles. The minimum absolute atomic E-state index is 0.00431. The van der Waals surface area contributed by atoms with Crippen LogP contribution in [0.1, 0.15) is 26.7 Å². The number of benzene rings is 1. The van der Waals surface area contributed by atoms with E-state index < -0.39 is 20.0 Å². The standard InChI is InChI=1S/C16H27N3O4S2/c1-3-18(4-2)24(20,21)15-8-5-9-16(11-15)25(22,23)19-10-6-7-14(12-17)13-19/h5,8-9,11,14H,3-4,6-7,10,12-13,17H2,1-2H3. The van der Waals surface area contributed by atoms with E-state index in [1.165, 1.54) is 32.9 Å². The predicted molar refractivity (Wildman–Crippen MR) is 97.1 cm³/mol. The van der Waals surface area contributed by atoms with Gasteiger partial charge in [0.05, 0.1) is 9.79 Å². The number of piperidine rings is 1. The fourth-order valence-electron chi connectivity index (χ4n) is 3.09. The highest BCUT2D eigenvalue weighted by molar-refractivity contribution is 7.90. The molecule has 1 atom stereocenters. The molecule has 25 heavy (non-hydrogen) atoms. The second-order valence-electron chi connectivity index (χ2n) is 6.17. The summed E-state index contributed by atoms with van der Waals surface area (Å²) in [4.78, 5) is 0.0167. The van der Waals surface area contributed by atoms with Crippen LogP contribution >= 0.6 is 0 Å². The van der Waals surface area contributed by atoms with Crippen LogP contribution in [-0.4, -0.2) is 58.2 Å². The van der Waals surface area contributed by atoms with Gasteiger partial charge in [-0.15, -0.1) is 0 Å². The fraction of sp³-hybridized carbons (Fsp3) is 0.625. The third kappa shape index (κ3) is 4.22. The Morgan fingerprint density at radius 3 is 2.40 bits per heavy atom. The van der Waals surface area contributed by atoms with Gasteiger partial charge in [-0.05, 0) is 43.5 Å². The molecule has 1 fully saturated rings. The van der Waals surface area contributed by atoms with Crippen molar-refractivity contribution in [3.05, 3.63) is 24.3 Å². The van der Waals surface area contributed by atoms with E-state index in [9.17, 15) is 16.8 Å². The summed E-state index contributed by atoms with van der Waals surface area (Å²) < 4.78 is 53.8. The summed E-state index contributed by atoms with van der Waals surface area (Å²) in [7, 11) is -7.43. The molecule has 1 aliphatic rings. The van der Waals surface area contributed by atoms with Crippen molar-refractivity contribution in [2.24, 2.45) is 11.7 Å². The summed E-state index contributed by atoms with van der Waals surface area (Å²) in [6, 6.07) is 5.62. The van der Waals surface area contributed by atoms with Crippen LogP contribution in [0.25, 0.3) is 0 Å². The van der Waals surface area contributed by atoms with Gasteiger partial charge in [-0.25, -0.2) is 16.8 Å². The molecule has 2 N–H and O–H groups in total. The Morgan fingerprint density at radius 1 is 1.16 bits per heavy atom. The van der Waals surface area contributed by atoms with Gasteiger partial charge in [-0.1, -0.05) is 19.9 Å². The summed E-state index contributed by atoms with van der Waals surface area (Å²) in [5.41, 5.74) is 5.69. The van der Waals surface area contributed by atoms with Gasteiger partial charge in [0.25, 0.3) is 0 Å². The maximum absolute atomic E-state index is 12.9. The van der Waals surface area contributed by atoms with E-state index in [1.54, 1.807) is 13.8 Å². The van der Waals surface area contributed by atoms with Crippen molar-refractivity contribution < 1.29 is 16.8 Å². The molecule has 0 saturated carbocycles. The van der Waals surface area contributed by atoms with E-state index in [0.29, 0.717) is 32.7 Å². The first kappa shape index (κ1) is 20.3. The SMILES string of the molecule is CCN(CC)S(=O)(=O)c1cccc(S(=O)(=O)N2CCCC(CN)C2)c1. The lowest BCUT2D eigenvalue weighted by Gasteiger charge is -2.31. The molecule has 142 valence electrons. The zero-order valence-corrected chi connectivity index (χ0v) is 16.4. The van der Waals surface area contributed by atoms with Crippen molar-refractivity contribution in [2.45, 2.75) is 36.5 Å². The second kappa shape index (κ2) is 8.13. The first-order valence-corrected chi connectivity index (χ1v) is 11.5. The molecule has 0 amide bonds. The molecular weight excluding hydrogens is 362 g/mol. The third-order valence-electron chi connectivity index (χ3n) is 4.60. The minimum atomic E-state index is -3.73. The Kier molecular flexibility index (Phi) is 6.61. The van der Waals surface area contributed by atoms with Crippen LogP contribution in [0.15, 0.2) is 34.1 Å². The number of hydrogen-bond acceptors (Lipinski definition) is 5. The van der Waals surface area contributed by atoms with Gasteiger partial charge in [0.1, 0.15) is 0 Å². The number of hydrogen-bond donors (Lipinski definition) is 1. The van der Waals surface area contributed by atoms with Crippen molar-refractivity contribution in [2.75, 3.05) is 32.7 Å². The minimum Gasteiger partial charge on any atom is -0.330 e. The molecule has 1 saturated heterocycles. The second-order valence-corrected chi connectivity index (χ2v) is 10.0. The number of sulfonamides is 2. The molecule has 0 aliphatic carbocycles. The molecule has 0 aromatic heterocycles. The van der Waals surface area contributed by atoms with Gasteiger partial charge in [-0.2, -0.15) is 8.61 Å². The van der Waals surface area contributed by atoms with Crippen LogP contribution in [0.4, 0.5) is 0 Å². The Labute approximate surface area is 150 Å². The van der Waals surface area contributed by atoms with Crippen molar-refractivity contribution >= 4 is 20.0 Å². The summed E-state index contributed by atoms with van der Waals surface area (Å²) in [6.07, 6.45) is 1.68. The van der Waals surface area contributed by atoms with Gasteiger partial charge in [0, 0.05) is 26.2 Å². The fourth-order valence-corrected chi connectivity index (χ4v) is 6.27. The summed E-state index contributed by atoms with van der Waals surface area (Å²) in [5, 5.41) is 0. The van der Waals surface area contributed by atoms with E-state index in [1.807, 2.05) is 0 Å². The van der Waals surface area contributed by atoms with Crippen LogP contribution in [-0.2, 0) is 20.0 Å². The zero-order valence-electron chi connectivity index (χ0n) is 14.8. The van der Waals surface area contributed by atoms with Crippen LogP contribution in [0.2, 0.25) is 0 Å². The summed E-state index contributed by atoms with van der Waals surface area (Å²) in [5.74, 6) is 0.145. The van der Waals surface area contributed by atoms with Crippen LogP contribution in [0.5, 0.6) is 0 Å². The zero-order chi connectivity index (χ0) is 18.7. The highest BCUT2D eigenvalue weighted by Crippen LogP contribution is 2.25. The van der Waals surface area contributed by atoms with E-state index in [0.717, 1.165) is 12.8 Å². The van der Waals surface area contributed by atoms with E-state index in [4.69, 9.17) is 5.73 Å². The average molecular weight is 390 g/mol. The van der Waals surface area contributed by atoms with Gasteiger partial charge >= 0.3 is 0 Å². The quantitative estimate of drug-likeness (QED) is 0.752. The van der Waals surface area contributed by atoms with Crippen molar-refractivity contribution in [1.29, 1.82) is 0 Å². The van der Waals surface area contributed by atoms with E-state index in [-0.39, 0.29) is 15.7 Å². The number of nitrogens with two attached hydrogens (primary N) is 1. The normalized spacial score (nSPS) is 20.1. The van der Waals surface area contributed by atoms with Gasteiger partial charge in [0.2, 0.25) is 20.0 Å². The maximum Gasteiger partial charge on any atom is 0.243 e. The van der Waals surface area contributed by atoms with Gasteiger partial charge in [-0.3, -0.25) is 0 Å². The van der Waals surface area contributed by atoms with E-state index in [2.05, 4.69) is 0 Å². The molecule has 2 rings (SSSR count). The van der Waals surface area contributed by atoms with Gasteiger partial charge < -0.3 is 5.73 Å². The topological polar surface area (TPSA) is 101 Å².